The van der Waals surface area contributed by atoms with Crippen molar-refractivity contribution in [3.05, 3.63) is 40.5 Å². The van der Waals surface area contributed by atoms with Crippen LogP contribution < -0.4 is 9.46 Å². The average Bonchev–Trinajstić information content (AvgIpc) is 2.93. The number of rotatable bonds is 6. The van der Waals surface area contributed by atoms with Gasteiger partial charge in [0.25, 0.3) is 0 Å². The average molecular weight is 375 g/mol. The Morgan fingerprint density at radius 3 is 2.81 bits per heavy atom. The Hall–Kier alpha value is -1.38. The predicted octanol–water partition coefficient (Wildman–Crippen LogP) is 2.49. The standard InChI is InChI=1S/C13H15BrN2O4S/c1-3-10-7-15-13(20-10)8-16-21(17,18)12-6-9(14)4-5-11(12)19-2/h4-7,16H,3,8H2,1-2H3. The topological polar surface area (TPSA) is 81.4 Å². The minimum atomic E-state index is -3.73. The van der Waals surface area contributed by atoms with Gasteiger partial charge >= 0.3 is 0 Å². The van der Waals surface area contributed by atoms with Gasteiger partial charge in [0.15, 0.2) is 0 Å². The van der Waals surface area contributed by atoms with E-state index in [0.29, 0.717) is 22.5 Å². The first-order chi connectivity index (χ1) is 9.96. The second kappa shape index (κ2) is 6.59. The Bertz CT molecular complexity index is 728. The van der Waals surface area contributed by atoms with Gasteiger partial charge in [-0.25, -0.2) is 18.1 Å². The summed E-state index contributed by atoms with van der Waals surface area (Å²) in [5.74, 6) is 1.31. The minimum Gasteiger partial charge on any atom is -0.495 e. The molecule has 1 heterocycles. The van der Waals surface area contributed by atoms with Crippen LogP contribution in [0.1, 0.15) is 18.6 Å². The van der Waals surface area contributed by atoms with Crippen LogP contribution in [0.3, 0.4) is 0 Å². The molecular weight excluding hydrogens is 360 g/mol. The van der Waals surface area contributed by atoms with Gasteiger partial charge in [-0.1, -0.05) is 22.9 Å². The molecule has 6 nitrogen and oxygen atoms in total. The zero-order valence-corrected chi connectivity index (χ0v) is 14.0. The van der Waals surface area contributed by atoms with Gasteiger partial charge in [-0.05, 0) is 18.2 Å². The summed E-state index contributed by atoms with van der Waals surface area (Å²) >= 11 is 3.25. The van der Waals surface area contributed by atoms with E-state index < -0.39 is 10.0 Å². The number of nitrogens with one attached hydrogen (secondary N) is 1. The largest absolute Gasteiger partial charge is 0.495 e. The molecule has 0 aliphatic rings. The number of halogens is 1. The van der Waals surface area contributed by atoms with Gasteiger partial charge in [-0.2, -0.15) is 0 Å². The highest BCUT2D eigenvalue weighted by Gasteiger charge is 2.20. The van der Waals surface area contributed by atoms with Crippen LogP contribution in [-0.2, 0) is 23.0 Å². The summed E-state index contributed by atoms with van der Waals surface area (Å²) in [7, 11) is -2.31. The molecular formula is C13H15BrN2O4S. The van der Waals surface area contributed by atoms with E-state index in [1.54, 1.807) is 18.3 Å². The van der Waals surface area contributed by atoms with E-state index in [1.165, 1.54) is 13.2 Å². The molecule has 0 unspecified atom stereocenters. The van der Waals surface area contributed by atoms with Gasteiger partial charge in [0, 0.05) is 10.9 Å². The van der Waals surface area contributed by atoms with Crippen LogP contribution in [0, 0.1) is 0 Å². The van der Waals surface area contributed by atoms with Crippen molar-refractivity contribution in [2.75, 3.05) is 7.11 Å². The molecule has 0 aliphatic carbocycles. The third-order valence-electron chi connectivity index (χ3n) is 2.78. The van der Waals surface area contributed by atoms with Crippen molar-refractivity contribution in [1.82, 2.24) is 9.71 Å². The number of ether oxygens (including phenoxy) is 1. The number of nitrogens with zero attached hydrogens (tertiary/aromatic N) is 1. The van der Waals surface area contributed by atoms with Crippen molar-refractivity contribution in [3.8, 4) is 5.75 Å². The molecule has 114 valence electrons. The van der Waals surface area contributed by atoms with E-state index in [1.807, 2.05) is 6.92 Å². The van der Waals surface area contributed by atoms with E-state index in [-0.39, 0.29) is 17.2 Å². The molecule has 8 heteroatoms. The lowest BCUT2D eigenvalue weighted by atomic mass is 10.3. The second-order valence-electron chi connectivity index (χ2n) is 4.19. The molecule has 1 aromatic carbocycles. The molecule has 0 aliphatic heterocycles. The van der Waals surface area contributed by atoms with Crippen LogP contribution in [-0.4, -0.2) is 20.5 Å². The fourth-order valence-corrected chi connectivity index (χ4v) is 3.37. The molecule has 0 saturated carbocycles. The van der Waals surface area contributed by atoms with Crippen molar-refractivity contribution in [2.45, 2.75) is 24.8 Å². The van der Waals surface area contributed by atoms with E-state index in [2.05, 4.69) is 25.6 Å². The lowest BCUT2D eigenvalue weighted by molar-refractivity contribution is 0.401. The summed E-state index contributed by atoms with van der Waals surface area (Å²) in [6, 6.07) is 4.77. The third-order valence-corrected chi connectivity index (χ3v) is 4.69. The molecule has 0 bridgehead atoms. The van der Waals surface area contributed by atoms with E-state index >= 15 is 0 Å². The van der Waals surface area contributed by atoms with Gasteiger partial charge in [0.05, 0.1) is 19.9 Å². The summed E-state index contributed by atoms with van der Waals surface area (Å²) in [6.45, 7) is 1.92. The maximum absolute atomic E-state index is 12.3. The monoisotopic (exact) mass is 374 g/mol. The fraction of sp³-hybridized carbons (Fsp3) is 0.308. The maximum atomic E-state index is 12.3. The number of oxazole rings is 1. The molecule has 1 aromatic heterocycles. The first-order valence-corrected chi connectivity index (χ1v) is 8.50. The number of hydrogen-bond donors (Lipinski definition) is 1. The van der Waals surface area contributed by atoms with Gasteiger partial charge in [-0.3, -0.25) is 0 Å². The Balaban J connectivity index is 2.20. The summed E-state index contributed by atoms with van der Waals surface area (Å²) in [5, 5.41) is 0. The van der Waals surface area contributed by atoms with Crippen molar-refractivity contribution in [1.29, 1.82) is 0 Å². The molecule has 2 aromatic rings. The fourth-order valence-electron chi connectivity index (χ4n) is 1.69. The molecule has 0 spiro atoms. The summed E-state index contributed by atoms with van der Waals surface area (Å²) < 4.78 is 38.2. The Morgan fingerprint density at radius 1 is 1.43 bits per heavy atom. The number of benzene rings is 1. The lowest BCUT2D eigenvalue weighted by Crippen LogP contribution is -2.24. The van der Waals surface area contributed by atoms with Crippen molar-refractivity contribution >= 4 is 26.0 Å². The predicted molar refractivity (Wildman–Crippen MR) is 80.6 cm³/mol. The Kier molecular flexibility index (Phi) is 5.02. The molecule has 0 amide bonds. The third kappa shape index (κ3) is 3.84. The van der Waals surface area contributed by atoms with E-state index in [0.717, 1.165) is 0 Å². The molecule has 0 atom stereocenters. The summed E-state index contributed by atoms with van der Waals surface area (Å²) in [4.78, 5) is 4.07. The van der Waals surface area contributed by atoms with Gasteiger partial charge in [0.1, 0.15) is 16.4 Å². The van der Waals surface area contributed by atoms with Crippen molar-refractivity contribution in [3.63, 3.8) is 0 Å². The lowest BCUT2D eigenvalue weighted by Gasteiger charge is -2.10. The highest BCUT2D eigenvalue weighted by atomic mass is 79.9. The quantitative estimate of drug-likeness (QED) is 0.839. The zero-order valence-electron chi connectivity index (χ0n) is 11.6. The number of hydrogen-bond acceptors (Lipinski definition) is 5. The molecule has 2 rings (SSSR count). The van der Waals surface area contributed by atoms with Crippen LogP contribution in [0.2, 0.25) is 0 Å². The number of aromatic nitrogens is 1. The van der Waals surface area contributed by atoms with Crippen LogP contribution in [0.25, 0.3) is 0 Å². The molecule has 21 heavy (non-hydrogen) atoms. The maximum Gasteiger partial charge on any atom is 0.244 e. The van der Waals surface area contributed by atoms with Crippen LogP contribution in [0.15, 0.2) is 38.2 Å². The van der Waals surface area contributed by atoms with E-state index in [9.17, 15) is 8.42 Å². The smallest absolute Gasteiger partial charge is 0.244 e. The van der Waals surface area contributed by atoms with Crippen LogP contribution >= 0.6 is 15.9 Å². The van der Waals surface area contributed by atoms with Gasteiger partial charge in [0.2, 0.25) is 15.9 Å². The van der Waals surface area contributed by atoms with Gasteiger partial charge < -0.3 is 9.15 Å². The first-order valence-electron chi connectivity index (χ1n) is 6.23. The summed E-state index contributed by atoms with van der Waals surface area (Å²) in [6.07, 6.45) is 2.29. The highest BCUT2D eigenvalue weighted by Crippen LogP contribution is 2.27. The normalized spacial score (nSPS) is 11.6. The number of sulfonamides is 1. The van der Waals surface area contributed by atoms with Gasteiger partial charge in [-0.15, -0.1) is 0 Å². The Morgan fingerprint density at radius 2 is 2.19 bits per heavy atom. The number of methoxy groups -OCH3 is 1. The van der Waals surface area contributed by atoms with Crippen LogP contribution in [0.4, 0.5) is 0 Å². The molecule has 0 radical (unpaired) electrons. The molecule has 1 N–H and O–H groups in total. The Labute approximate surface area is 131 Å². The second-order valence-corrected chi connectivity index (χ2v) is 6.84. The number of aryl methyl sites for hydroxylation is 1. The SMILES string of the molecule is CCc1cnc(CNS(=O)(=O)c2cc(Br)ccc2OC)o1. The minimum absolute atomic E-state index is 0.0159. The van der Waals surface area contributed by atoms with Crippen LogP contribution in [0.5, 0.6) is 5.75 Å². The van der Waals surface area contributed by atoms with E-state index in [4.69, 9.17) is 9.15 Å². The molecule has 0 saturated heterocycles. The van der Waals surface area contributed by atoms with Crippen molar-refractivity contribution in [2.24, 2.45) is 0 Å². The zero-order chi connectivity index (χ0) is 15.5. The highest BCUT2D eigenvalue weighted by molar-refractivity contribution is 9.10. The summed E-state index contributed by atoms with van der Waals surface area (Å²) in [5.41, 5.74) is 0. The molecule has 0 fully saturated rings. The first kappa shape index (κ1) is 16.0. The van der Waals surface area contributed by atoms with Crippen molar-refractivity contribution < 1.29 is 17.6 Å².